The van der Waals surface area contributed by atoms with Crippen molar-refractivity contribution in [2.45, 2.75) is 64.1 Å². The van der Waals surface area contributed by atoms with Gasteiger partial charge in [0, 0.05) is 62.2 Å². The molecule has 0 saturated carbocycles. The zero-order valence-electron chi connectivity index (χ0n) is 24.3. The van der Waals surface area contributed by atoms with Crippen LogP contribution in [0.1, 0.15) is 73.0 Å². The molecule has 2 aliphatic rings. The Kier molecular flexibility index (Phi) is 13.5. The highest BCUT2D eigenvalue weighted by molar-refractivity contribution is 6.06. The molecule has 4 N–H and O–H groups in total. The fraction of sp³-hybridized carbons (Fsp3) is 0.516. The van der Waals surface area contributed by atoms with Crippen molar-refractivity contribution in [3.8, 4) is 5.75 Å². The number of halogens is 1. The predicted molar refractivity (Wildman–Crippen MR) is 163 cm³/mol. The van der Waals surface area contributed by atoms with Gasteiger partial charge in [-0.05, 0) is 68.9 Å². The highest BCUT2D eigenvalue weighted by Crippen LogP contribution is 2.32. The normalized spacial score (nSPS) is 17.0. The van der Waals surface area contributed by atoms with Crippen LogP contribution >= 0.6 is 12.4 Å². The summed E-state index contributed by atoms with van der Waals surface area (Å²) in [5, 5.41) is 5.69. The first kappa shape index (κ1) is 33.3. The number of nitrogens with zero attached hydrogens (tertiary/aromatic N) is 1. The second-order valence-electron chi connectivity index (χ2n) is 10.5. The van der Waals surface area contributed by atoms with Gasteiger partial charge >= 0.3 is 0 Å². The molecule has 42 heavy (non-hydrogen) atoms. The number of nitrogens with two attached hydrogens (primary N) is 1. The smallest absolute Gasteiger partial charge is 0.255 e. The molecule has 2 unspecified atom stereocenters. The molecule has 2 atom stereocenters. The summed E-state index contributed by atoms with van der Waals surface area (Å²) in [5.74, 6) is -0.00177. The van der Waals surface area contributed by atoms with Crippen LogP contribution in [-0.2, 0) is 25.6 Å². The molecule has 0 bridgehead atoms. The number of rotatable bonds is 17. The van der Waals surface area contributed by atoms with Crippen LogP contribution in [0.5, 0.6) is 5.75 Å². The van der Waals surface area contributed by atoms with Gasteiger partial charge in [-0.1, -0.05) is 18.2 Å². The quantitative estimate of drug-likeness (QED) is 0.183. The van der Waals surface area contributed by atoms with E-state index in [0.29, 0.717) is 51.5 Å². The van der Waals surface area contributed by atoms with Crippen molar-refractivity contribution in [2.75, 3.05) is 44.9 Å². The van der Waals surface area contributed by atoms with E-state index < -0.39 is 11.9 Å². The average Bonchev–Trinajstić information content (AvgIpc) is 3.30. The monoisotopic (exact) mass is 602 g/mol. The summed E-state index contributed by atoms with van der Waals surface area (Å²) in [5.41, 5.74) is 9.33. The first-order chi connectivity index (χ1) is 19.9. The Morgan fingerprint density at radius 2 is 1.71 bits per heavy atom. The van der Waals surface area contributed by atoms with Crippen molar-refractivity contribution in [3.63, 3.8) is 0 Å². The molecule has 3 amide bonds. The number of hydrogen-bond acceptors (Lipinski definition) is 8. The molecule has 2 aromatic carbocycles. The summed E-state index contributed by atoms with van der Waals surface area (Å²) in [7, 11) is 0. The van der Waals surface area contributed by atoms with E-state index in [9.17, 15) is 14.4 Å². The molecule has 2 heterocycles. The van der Waals surface area contributed by atoms with Crippen molar-refractivity contribution in [1.29, 1.82) is 0 Å². The number of unbranched alkanes of at least 4 members (excludes halogenated alkanes) is 2. The lowest BCUT2D eigenvalue weighted by Gasteiger charge is -2.29. The Bertz CT molecular complexity index is 1190. The van der Waals surface area contributed by atoms with Gasteiger partial charge < -0.3 is 30.2 Å². The number of amides is 3. The van der Waals surface area contributed by atoms with Crippen LogP contribution in [0.25, 0.3) is 0 Å². The average molecular weight is 603 g/mol. The molecule has 0 aliphatic carbocycles. The summed E-state index contributed by atoms with van der Waals surface area (Å²) in [6.07, 6.45) is 4.45. The molecular formula is C31H43ClN4O6. The van der Waals surface area contributed by atoms with Gasteiger partial charge in [0.1, 0.15) is 11.8 Å². The largest absolute Gasteiger partial charge is 0.494 e. The van der Waals surface area contributed by atoms with Gasteiger partial charge in [-0.15, -0.1) is 12.4 Å². The SMILES string of the molecule is CC(N)c1cccc(OCCCCCOCCCOCCNc2cccc3c2CN(C2CCC(=O)NC2=O)C3=O)c1.Cl. The summed E-state index contributed by atoms with van der Waals surface area (Å²) in [6, 6.07) is 12.9. The van der Waals surface area contributed by atoms with Gasteiger partial charge in [0.25, 0.3) is 5.91 Å². The van der Waals surface area contributed by atoms with E-state index in [4.69, 9.17) is 19.9 Å². The first-order valence-electron chi connectivity index (χ1n) is 14.6. The molecule has 10 nitrogen and oxygen atoms in total. The van der Waals surface area contributed by atoms with Gasteiger partial charge in [-0.3, -0.25) is 19.7 Å². The van der Waals surface area contributed by atoms with Crippen LogP contribution < -0.4 is 21.1 Å². The van der Waals surface area contributed by atoms with Crippen molar-refractivity contribution < 1.29 is 28.6 Å². The molecule has 230 valence electrons. The van der Waals surface area contributed by atoms with Crippen LogP contribution in [0.4, 0.5) is 5.69 Å². The Labute approximate surface area is 254 Å². The summed E-state index contributed by atoms with van der Waals surface area (Å²) >= 11 is 0. The van der Waals surface area contributed by atoms with Gasteiger partial charge in [-0.25, -0.2) is 0 Å². The second-order valence-corrected chi connectivity index (χ2v) is 10.5. The van der Waals surface area contributed by atoms with Crippen LogP contribution in [0, 0.1) is 0 Å². The number of nitrogens with one attached hydrogen (secondary N) is 2. The number of hydrogen-bond donors (Lipinski definition) is 3. The zero-order chi connectivity index (χ0) is 29.0. The minimum atomic E-state index is -0.617. The van der Waals surface area contributed by atoms with Crippen LogP contribution in [0.15, 0.2) is 42.5 Å². The van der Waals surface area contributed by atoms with Gasteiger partial charge in [-0.2, -0.15) is 0 Å². The first-order valence-corrected chi connectivity index (χ1v) is 14.6. The molecule has 11 heteroatoms. The molecule has 4 rings (SSSR count). The molecule has 1 fully saturated rings. The van der Waals surface area contributed by atoms with Crippen LogP contribution in [0.2, 0.25) is 0 Å². The van der Waals surface area contributed by atoms with Gasteiger partial charge in [0.15, 0.2) is 0 Å². The van der Waals surface area contributed by atoms with E-state index in [2.05, 4.69) is 10.6 Å². The number of anilines is 1. The molecular weight excluding hydrogens is 560 g/mol. The number of benzene rings is 2. The standard InChI is InChI=1S/C31H42N4O6.ClH/c1-22(32)23-8-5-9-24(20-23)41-18-4-2-3-15-39-16-7-17-40-19-14-33-27-11-6-10-25-26(27)21-35(31(25)38)28-12-13-29(36)34-30(28)37;/h5-6,8-11,20,22,28,33H,2-4,7,12-19,21,32H2,1H3,(H,34,36,37);1H. The molecule has 0 spiro atoms. The van der Waals surface area contributed by atoms with E-state index in [1.54, 1.807) is 11.0 Å². The Morgan fingerprint density at radius 3 is 2.50 bits per heavy atom. The Morgan fingerprint density at radius 1 is 0.976 bits per heavy atom. The third-order valence-corrected chi connectivity index (χ3v) is 7.31. The van der Waals surface area contributed by atoms with Crippen molar-refractivity contribution >= 4 is 35.8 Å². The van der Waals surface area contributed by atoms with E-state index >= 15 is 0 Å². The highest BCUT2D eigenvalue weighted by atomic mass is 35.5. The summed E-state index contributed by atoms with van der Waals surface area (Å²) in [4.78, 5) is 38.3. The van der Waals surface area contributed by atoms with Gasteiger partial charge in [0.2, 0.25) is 11.8 Å². The number of carbonyl (C=O) groups is 3. The van der Waals surface area contributed by atoms with E-state index in [1.165, 1.54) is 0 Å². The van der Waals surface area contributed by atoms with Crippen molar-refractivity contribution in [2.24, 2.45) is 5.73 Å². The molecule has 2 aromatic rings. The molecule has 0 aromatic heterocycles. The number of fused-ring (bicyclic) bond motifs is 1. The number of piperidine rings is 1. The fourth-order valence-corrected chi connectivity index (χ4v) is 5.04. The Hall–Kier alpha value is -3.18. The van der Waals surface area contributed by atoms with E-state index in [1.807, 2.05) is 43.3 Å². The predicted octanol–water partition coefficient (Wildman–Crippen LogP) is 3.97. The summed E-state index contributed by atoms with van der Waals surface area (Å²) < 4.78 is 17.3. The fourth-order valence-electron chi connectivity index (χ4n) is 5.04. The third-order valence-electron chi connectivity index (χ3n) is 7.31. The zero-order valence-corrected chi connectivity index (χ0v) is 25.1. The lowest BCUT2D eigenvalue weighted by Crippen LogP contribution is -2.52. The Balaban J connectivity index is 0.00000484. The lowest BCUT2D eigenvalue weighted by molar-refractivity contribution is -0.136. The van der Waals surface area contributed by atoms with E-state index in [-0.39, 0.29) is 36.7 Å². The van der Waals surface area contributed by atoms with Crippen LogP contribution in [-0.4, -0.2) is 68.2 Å². The van der Waals surface area contributed by atoms with Crippen LogP contribution in [0.3, 0.4) is 0 Å². The highest BCUT2D eigenvalue weighted by Gasteiger charge is 2.39. The maximum absolute atomic E-state index is 12.9. The molecule has 2 aliphatic heterocycles. The molecule has 1 saturated heterocycles. The molecule has 0 radical (unpaired) electrons. The number of ether oxygens (including phenoxy) is 3. The van der Waals surface area contributed by atoms with Crippen molar-refractivity contribution in [3.05, 3.63) is 59.2 Å². The van der Waals surface area contributed by atoms with Gasteiger partial charge in [0.05, 0.1) is 13.2 Å². The van der Waals surface area contributed by atoms with E-state index in [0.717, 1.165) is 54.9 Å². The minimum absolute atomic E-state index is 0. The number of carbonyl (C=O) groups excluding carboxylic acids is 3. The third kappa shape index (κ3) is 9.42. The number of imide groups is 1. The van der Waals surface area contributed by atoms with Crippen molar-refractivity contribution in [1.82, 2.24) is 10.2 Å². The summed E-state index contributed by atoms with van der Waals surface area (Å²) in [6.45, 7) is 6.13. The maximum Gasteiger partial charge on any atom is 0.255 e. The lowest BCUT2D eigenvalue weighted by atomic mass is 10.0. The maximum atomic E-state index is 12.9. The topological polar surface area (TPSA) is 132 Å². The second kappa shape index (κ2) is 17.1. The minimum Gasteiger partial charge on any atom is -0.494 e.